The summed E-state index contributed by atoms with van der Waals surface area (Å²) in [6.45, 7) is 3.87. The van der Waals surface area contributed by atoms with Gasteiger partial charge in [0.2, 0.25) is 0 Å². The summed E-state index contributed by atoms with van der Waals surface area (Å²) >= 11 is 0. The summed E-state index contributed by atoms with van der Waals surface area (Å²) in [4.78, 5) is 16.8. The Bertz CT molecular complexity index is 787. The molecule has 1 aliphatic heterocycles. The summed E-state index contributed by atoms with van der Waals surface area (Å²) < 4.78 is 15.8. The molecule has 1 N–H and O–H groups in total. The Kier molecular flexibility index (Phi) is 6.60. The van der Waals surface area contributed by atoms with Crippen LogP contribution in [-0.4, -0.2) is 63.3 Å². The van der Waals surface area contributed by atoms with Crippen molar-refractivity contribution in [2.45, 2.75) is 6.54 Å². The van der Waals surface area contributed by atoms with E-state index in [-0.39, 0.29) is 6.03 Å². The second-order valence-corrected chi connectivity index (χ2v) is 6.61. The lowest BCUT2D eigenvalue weighted by atomic mass is 10.2. The number of hydrogen-bond donors (Lipinski definition) is 1. The first-order valence-electron chi connectivity index (χ1n) is 9.26. The van der Waals surface area contributed by atoms with Crippen LogP contribution in [0.2, 0.25) is 0 Å². The van der Waals surface area contributed by atoms with Gasteiger partial charge in [-0.05, 0) is 29.8 Å². The molecule has 0 aromatic heterocycles. The van der Waals surface area contributed by atoms with E-state index in [1.807, 2.05) is 17.0 Å². The molecule has 1 saturated heterocycles. The highest BCUT2D eigenvalue weighted by molar-refractivity contribution is 5.91. The Labute approximate surface area is 165 Å². The van der Waals surface area contributed by atoms with Crippen molar-refractivity contribution in [1.29, 1.82) is 0 Å². The molecule has 0 atom stereocenters. The third-order valence-electron chi connectivity index (χ3n) is 4.87. The number of benzene rings is 2. The number of amides is 2. The van der Waals surface area contributed by atoms with Crippen molar-refractivity contribution in [3.05, 3.63) is 48.0 Å². The lowest BCUT2D eigenvalue weighted by Gasteiger charge is -2.34. The van der Waals surface area contributed by atoms with Gasteiger partial charge in [0.1, 0.15) is 17.2 Å². The van der Waals surface area contributed by atoms with Crippen molar-refractivity contribution in [3.8, 4) is 17.2 Å². The maximum Gasteiger partial charge on any atom is 0.322 e. The van der Waals surface area contributed by atoms with Crippen molar-refractivity contribution in [1.82, 2.24) is 9.80 Å². The van der Waals surface area contributed by atoms with E-state index in [0.717, 1.165) is 25.4 Å². The topological polar surface area (TPSA) is 63.3 Å². The highest BCUT2D eigenvalue weighted by Crippen LogP contribution is 2.29. The number of ether oxygens (including phenoxy) is 3. The minimum Gasteiger partial charge on any atom is -0.497 e. The largest absolute Gasteiger partial charge is 0.497 e. The van der Waals surface area contributed by atoms with Crippen LogP contribution in [-0.2, 0) is 6.54 Å². The predicted octanol–water partition coefficient (Wildman–Crippen LogP) is 3.06. The van der Waals surface area contributed by atoms with Crippen LogP contribution < -0.4 is 19.5 Å². The first-order chi connectivity index (χ1) is 13.6. The average Bonchev–Trinajstić information content (AvgIpc) is 2.74. The Balaban J connectivity index is 1.53. The number of rotatable bonds is 6. The molecule has 150 valence electrons. The highest BCUT2D eigenvalue weighted by atomic mass is 16.5. The zero-order chi connectivity index (χ0) is 19.9. The van der Waals surface area contributed by atoms with Gasteiger partial charge in [-0.1, -0.05) is 12.1 Å². The highest BCUT2D eigenvalue weighted by Gasteiger charge is 2.22. The second-order valence-electron chi connectivity index (χ2n) is 6.61. The second kappa shape index (κ2) is 9.32. The van der Waals surface area contributed by atoms with Gasteiger partial charge in [0, 0.05) is 38.8 Å². The molecule has 0 radical (unpaired) electrons. The average molecular weight is 385 g/mol. The molecular weight excluding hydrogens is 358 g/mol. The number of carbonyl (C=O) groups is 1. The van der Waals surface area contributed by atoms with Crippen LogP contribution >= 0.6 is 0 Å². The first-order valence-corrected chi connectivity index (χ1v) is 9.26. The fraction of sp³-hybridized carbons (Fsp3) is 0.381. The van der Waals surface area contributed by atoms with Gasteiger partial charge in [-0.25, -0.2) is 4.79 Å². The minimum atomic E-state index is -0.129. The van der Waals surface area contributed by atoms with Crippen LogP contribution in [0.25, 0.3) is 0 Å². The van der Waals surface area contributed by atoms with Crippen LogP contribution in [0.5, 0.6) is 17.2 Å². The number of piperazine rings is 1. The molecule has 0 spiro atoms. The maximum absolute atomic E-state index is 12.7. The Morgan fingerprint density at radius 2 is 1.54 bits per heavy atom. The Morgan fingerprint density at radius 3 is 2.14 bits per heavy atom. The van der Waals surface area contributed by atoms with E-state index in [9.17, 15) is 4.79 Å². The number of methoxy groups -OCH3 is 3. The Morgan fingerprint density at radius 1 is 0.893 bits per heavy atom. The first kappa shape index (κ1) is 19.8. The molecule has 0 bridgehead atoms. The number of urea groups is 1. The van der Waals surface area contributed by atoms with Crippen LogP contribution in [0.3, 0.4) is 0 Å². The molecule has 7 heteroatoms. The Hall–Kier alpha value is -2.93. The zero-order valence-electron chi connectivity index (χ0n) is 16.6. The molecule has 0 unspecified atom stereocenters. The maximum atomic E-state index is 12.7. The molecule has 7 nitrogen and oxygen atoms in total. The summed E-state index contributed by atoms with van der Waals surface area (Å²) in [7, 11) is 4.84. The van der Waals surface area contributed by atoms with E-state index in [2.05, 4.69) is 22.3 Å². The van der Waals surface area contributed by atoms with Gasteiger partial charge in [0.25, 0.3) is 0 Å². The molecule has 1 fully saturated rings. The van der Waals surface area contributed by atoms with Gasteiger partial charge in [0.15, 0.2) is 0 Å². The molecule has 1 heterocycles. The number of carbonyl (C=O) groups excluding carboxylic acids is 1. The quantitative estimate of drug-likeness (QED) is 0.828. The third-order valence-corrected chi connectivity index (χ3v) is 4.87. The lowest BCUT2D eigenvalue weighted by Crippen LogP contribution is -2.49. The fourth-order valence-corrected chi connectivity index (χ4v) is 3.20. The van der Waals surface area contributed by atoms with Crippen molar-refractivity contribution < 1.29 is 19.0 Å². The monoisotopic (exact) mass is 385 g/mol. The molecule has 28 heavy (non-hydrogen) atoms. The number of nitrogens with one attached hydrogen (secondary N) is 1. The third kappa shape index (κ3) is 4.86. The van der Waals surface area contributed by atoms with Gasteiger partial charge < -0.3 is 24.4 Å². The summed E-state index contributed by atoms with van der Waals surface area (Å²) in [6, 6.07) is 13.3. The molecule has 0 aliphatic carbocycles. The van der Waals surface area contributed by atoms with E-state index in [4.69, 9.17) is 14.2 Å². The van der Waals surface area contributed by atoms with Crippen molar-refractivity contribution in [3.63, 3.8) is 0 Å². The van der Waals surface area contributed by atoms with Crippen LogP contribution in [0, 0.1) is 0 Å². The number of hydrogen-bond acceptors (Lipinski definition) is 5. The standard InChI is InChI=1S/C21H27N3O4/c1-26-17-6-4-16(5-7-17)15-23-10-12-24(13-11-23)21(25)22-19-14-18(27-2)8-9-20(19)28-3/h4-9,14H,10-13,15H2,1-3H3,(H,22,25). The summed E-state index contributed by atoms with van der Waals surface area (Å²) in [6.07, 6.45) is 0. The van der Waals surface area contributed by atoms with Crippen LogP contribution in [0.15, 0.2) is 42.5 Å². The zero-order valence-corrected chi connectivity index (χ0v) is 16.6. The molecule has 2 aromatic rings. The van der Waals surface area contributed by atoms with E-state index >= 15 is 0 Å². The predicted molar refractivity (Wildman–Crippen MR) is 108 cm³/mol. The SMILES string of the molecule is COc1ccc(CN2CCN(C(=O)Nc3cc(OC)ccc3OC)CC2)cc1. The molecule has 2 aromatic carbocycles. The van der Waals surface area contributed by atoms with Gasteiger partial charge >= 0.3 is 6.03 Å². The lowest BCUT2D eigenvalue weighted by molar-refractivity contribution is 0.143. The van der Waals surface area contributed by atoms with E-state index in [1.54, 1.807) is 39.5 Å². The minimum absolute atomic E-state index is 0.129. The van der Waals surface area contributed by atoms with Crippen LogP contribution in [0.4, 0.5) is 10.5 Å². The fourth-order valence-electron chi connectivity index (χ4n) is 3.20. The number of anilines is 1. The van der Waals surface area contributed by atoms with Crippen molar-refractivity contribution in [2.24, 2.45) is 0 Å². The summed E-state index contributed by atoms with van der Waals surface area (Å²) in [5.41, 5.74) is 1.84. The molecular formula is C21H27N3O4. The normalized spacial score (nSPS) is 14.5. The van der Waals surface area contributed by atoms with Crippen molar-refractivity contribution in [2.75, 3.05) is 52.8 Å². The van der Waals surface area contributed by atoms with E-state index in [0.29, 0.717) is 30.3 Å². The van der Waals surface area contributed by atoms with Gasteiger partial charge in [-0.2, -0.15) is 0 Å². The molecule has 2 amide bonds. The van der Waals surface area contributed by atoms with E-state index in [1.165, 1.54) is 5.56 Å². The van der Waals surface area contributed by atoms with Gasteiger partial charge in [-0.3, -0.25) is 4.90 Å². The smallest absolute Gasteiger partial charge is 0.322 e. The van der Waals surface area contributed by atoms with Gasteiger partial charge in [-0.15, -0.1) is 0 Å². The summed E-state index contributed by atoms with van der Waals surface area (Å²) in [5, 5.41) is 2.93. The van der Waals surface area contributed by atoms with E-state index < -0.39 is 0 Å². The van der Waals surface area contributed by atoms with Gasteiger partial charge in [0.05, 0.1) is 27.0 Å². The van der Waals surface area contributed by atoms with Crippen LogP contribution in [0.1, 0.15) is 5.56 Å². The van der Waals surface area contributed by atoms with Crippen molar-refractivity contribution >= 4 is 11.7 Å². The molecule has 1 aliphatic rings. The molecule has 3 rings (SSSR count). The number of nitrogens with zero attached hydrogens (tertiary/aromatic N) is 2. The summed E-state index contributed by atoms with van der Waals surface area (Å²) in [5.74, 6) is 2.13. The molecule has 0 saturated carbocycles.